The van der Waals surface area contributed by atoms with E-state index >= 15 is 0 Å². The molecule has 0 bridgehead atoms. The first-order chi connectivity index (χ1) is 12.0. The van der Waals surface area contributed by atoms with Gasteiger partial charge in [0.25, 0.3) is 5.91 Å². The van der Waals surface area contributed by atoms with Crippen molar-refractivity contribution in [2.24, 2.45) is 0 Å². The molecule has 6 nitrogen and oxygen atoms in total. The first-order valence-corrected chi connectivity index (χ1v) is 7.91. The van der Waals surface area contributed by atoms with Crippen LogP contribution >= 0.6 is 0 Å². The lowest BCUT2D eigenvalue weighted by Crippen LogP contribution is -2.39. The Kier molecular flexibility index (Phi) is 4.78. The molecule has 0 unspecified atom stereocenters. The third-order valence-electron chi connectivity index (χ3n) is 4.37. The minimum Gasteiger partial charge on any atom is -0.478 e. The van der Waals surface area contributed by atoms with Crippen LogP contribution in [0.4, 0.5) is 8.78 Å². The molecule has 25 heavy (non-hydrogen) atoms. The molecule has 1 saturated heterocycles. The Morgan fingerprint density at radius 3 is 2.52 bits per heavy atom. The summed E-state index contributed by atoms with van der Waals surface area (Å²) in [5, 5.41) is 12.6. The number of aromatic carboxylic acids is 1. The van der Waals surface area contributed by atoms with Crippen molar-refractivity contribution < 1.29 is 23.5 Å². The molecule has 1 amide bonds. The number of alkyl halides is 2. The van der Waals surface area contributed by atoms with Crippen LogP contribution in [0.25, 0.3) is 0 Å². The number of carbonyl (C=O) groups is 2. The molecule has 1 aromatic heterocycles. The van der Waals surface area contributed by atoms with Gasteiger partial charge in [-0.3, -0.25) is 4.79 Å². The first-order valence-electron chi connectivity index (χ1n) is 7.91. The third-order valence-corrected chi connectivity index (χ3v) is 4.37. The van der Waals surface area contributed by atoms with Crippen molar-refractivity contribution in [1.82, 2.24) is 14.7 Å². The molecule has 0 aliphatic carbocycles. The molecule has 1 N–H and O–H groups in total. The fraction of sp³-hybridized carbons (Fsp3) is 0.353. The van der Waals surface area contributed by atoms with Crippen molar-refractivity contribution in [3.05, 3.63) is 53.3 Å². The van der Waals surface area contributed by atoms with Crippen molar-refractivity contribution in [2.45, 2.75) is 25.3 Å². The largest absolute Gasteiger partial charge is 0.478 e. The summed E-state index contributed by atoms with van der Waals surface area (Å²) >= 11 is 0. The van der Waals surface area contributed by atoms with E-state index in [-0.39, 0.29) is 23.1 Å². The predicted octanol–water partition coefficient (Wildman–Crippen LogP) is 3.00. The highest BCUT2D eigenvalue weighted by Gasteiger charge is 2.27. The van der Waals surface area contributed by atoms with Crippen molar-refractivity contribution in [1.29, 1.82) is 0 Å². The number of amides is 1. The number of hydrogen-bond donors (Lipinski definition) is 1. The summed E-state index contributed by atoms with van der Waals surface area (Å²) in [5.41, 5.74) is 1.17. The van der Waals surface area contributed by atoms with Crippen LogP contribution in [0, 0.1) is 0 Å². The number of carbonyl (C=O) groups excluding carboxylic acids is 1. The summed E-state index contributed by atoms with van der Waals surface area (Å²) in [5.74, 6) is -1.27. The van der Waals surface area contributed by atoms with Crippen molar-refractivity contribution in [3.63, 3.8) is 0 Å². The summed E-state index contributed by atoms with van der Waals surface area (Å²) in [6, 6.07) is 7.90. The molecule has 8 heteroatoms. The maximum atomic E-state index is 12.6. The molecular weight excluding hydrogens is 332 g/mol. The number of carboxylic acids is 1. The molecule has 132 valence electrons. The summed E-state index contributed by atoms with van der Waals surface area (Å²) in [6.45, 7) is -1.78. The van der Waals surface area contributed by atoms with Gasteiger partial charge in [0.05, 0.1) is 5.56 Å². The van der Waals surface area contributed by atoms with Crippen LogP contribution in [0.3, 0.4) is 0 Å². The number of rotatable bonds is 4. The van der Waals surface area contributed by atoms with E-state index < -0.39 is 12.5 Å². The average molecular weight is 349 g/mol. The fourth-order valence-electron chi connectivity index (χ4n) is 3.05. The van der Waals surface area contributed by atoms with Gasteiger partial charge in [-0.1, -0.05) is 12.1 Å². The zero-order valence-corrected chi connectivity index (χ0v) is 13.3. The topological polar surface area (TPSA) is 75.4 Å². The molecule has 2 heterocycles. The Morgan fingerprint density at radius 1 is 1.20 bits per heavy atom. The number of aromatic nitrogens is 2. The maximum absolute atomic E-state index is 12.6. The van der Waals surface area contributed by atoms with Gasteiger partial charge in [-0.05, 0) is 36.6 Å². The molecule has 1 atom stereocenters. The normalized spacial score (nSPS) is 17.7. The third kappa shape index (κ3) is 3.67. The predicted molar refractivity (Wildman–Crippen MR) is 84.8 cm³/mol. The van der Waals surface area contributed by atoms with Gasteiger partial charge in [0, 0.05) is 25.2 Å². The lowest BCUT2D eigenvalue weighted by molar-refractivity contribution is 0.0546. The van der Waals surface area contributed by atoms with Crippen LogP contribution in [0.1, 0.15) is 51.7 Å². The highest BCUT2D eigenvalue weighted by Crippen LogP contribution is 2.28. The first kappa shape index (κ1) is 17.1. The molecule has 1 aliphatic rings. The second-order valence-electron chi connectivity index (χ2n) is 5.98. The van der Waals surface area contributed by atoms with Crippen LogP contribution in [-0.4, -0.2) is 44.8 Å². The zero-order chi connectivity index (χ0) is 18.0. The van der Waals surface area contributed by atoms with Crippen LogP contribution in [-0.2, 0) is 0 Å². The Labute approximate surface area is 142 Å². The quantitative estimate of drug-likeness (QED) is 0.921. The Hall–Kier alpha value is -2.77. The molecule has 3 rings (SSSR count). The number of benzene rings is 1. The van der Waals surface area contributed by atoms with Crippen molar-refractivity contribution in [2.75, 3.05) is 13.1 Å². The molecule has 1 aliphatic heterocycles. The number of carboxylic acid groups (broad SMARTS) is 1. The minimum atomic E-state index is -2.77. The molecule has 2 aromatic rings. The molecular formula is C17H17F2N3O3. The second kappa shape index (κ2) is 7.00. The van der Waals surface area contributed by atoms with Gasteiger partial charge < -0.3 is 10.0 Å². The zero-order valence-electron chi connectivity index (χ0n) is 13.3. The number of hydrogen-bond acceptors (Lipinski definition) is 3. The van der Waals surface area contributed by atoms with Gasteiger partial charge in [-0.15, -0.1) is 0 Å². The lowest BCUT2D eigenvalue weighted by Gasteiger charge is -2.32. The minimum absolute atomic E-state index is 0.00201. The number of likely N-dealkylation sites (tertiary alicyclic amines) is 1. The smallest absolute Gasteiger partial charge is 0.335 e. The fourth-order valence-corrected chi connectivity index (χ4v) is 3.05. The monoisotopic (exact) mass is 349 g/mol. The number of piperidine rings is 1. The van der Waals surface area contributed by atoms with Gasteiger partial charge in [0.15, 0.2) is 5.69 Å². The van der Waals surface area contributed by atoms with Crippen LogP contribution < -0.4 is 0 Å². The molecule has 1 aromatic carbocycles. The van der Waals surface area contributed by atoms with E-state index in [4.69, 9.17) is 5.11 Å². The van der Waals surface area contributed by atoms with Gasteiger partial charge in [-0.2, -0.15) is 13.9 Å². The highest BCUT2D eigenvalue weighted by molar-refractivity contribution is 5.92. The summed E-state index contributed by atoms with van der Waals surface area (Å²) < 4.78 is 25.6. The Balaban J connectivity index is 1.71. The summed E-state index contributed by atoms with van der Waals surface area (Å²) in [4.78, 5) is 25.0. The van der Waals surface area contributed by atoms with Gasteiger partial charge in [0.1, 0.15) is 0 Å². The van der Waals surface area contributed by atoms with Gasteiger partial charge in [-0.25, -0.2) is 9.48 Å². The van der Waals surface area contributed by atoms with Gasteiger partial charge >= 0.3 is 12.5 Å². The number of nitrogens with zero attached hydrogens (tertiary/aromatic N) is 3. The SMILES string of the molecule is O=C(O)c1ccc([C@H]2CCCN(C(=O)c3ccn(C(F)F)n3)C2)cc1. The average Bonchev–Trinajstić information content (AvgIpc) is 3.12. The molecule has 0 saturated carbocycles. The van der Waals surface area contributed by atoms with E-state index in [9.17, 15) is 18.4 Å². The summed E-state index contributed by atoms with van der Waals surface area (Å²) in [6.07, 6.45) is 2.75. The van der Waals surface area contributed by atoms with E-state index in [1.807, 2.05) is 0 Å². The van der Waals surface area contributed by atoms with Crippen molar-refractivity contribution >= 4 is 11.9 Å². The van der Waals surface area contributed by atoms with E-state index in [1.165, 1.54) is 6.07 Å². The highest BCUT2D eigenvalue weighted by atomic mass is 19.3. The Morgan fingerprint density at radius 2 is 1.92 bits per heavy atom. The molecule has 1 fully saturated rings. The number of halogens is 2. The molecule has 0 radical (unpaired) electrons. The second-order valence-corrected chi connectivity index (χ2v) is 5.98. The standard InChI is InChI=1S/C17H17F2N3O3/c18-17(19)22-9-7-14(20-22)15(23)21-8-1-2-13(10-21)11-3-5-12(6-4-11)16(24)25/h3-7,9,13,17H,1-2,8,10H2,(H,24,25)/t13-/m0/s1. The van der Waals surface area contributed by atoms with E-state index in [1.54, 1.807) is 29.2 Å². The van der Waals surface area contributed by atoms with Crippen LogP contribution in [0.5, 0.6) is 0 Å². The van der Waals surface area contributed by atoms with Crippen LogP contribution in [0.15, 0.2) is 36.5 Å². The Bertz CT molecular complexity index is 774. The maximum Gasteiger partial charge on any atom is 0.335 e. The van der Waals surface area contributed by atoms with Crippen LogP contribution in [0.2, 0.25) is 0 Å². The van der Waals surface area contributed by atoms with Crippen molar-refractivity contribution in [3.8, 4) is 0 Å². The van der Waals surface area contributed by atoms with E-state index in [2.05, 4.69) is 5.10 Å². The van der Waals surface area contributed by atoms with Gasteiger partial charge in [0.2, 0.25) is 0 Å². The molecule has 0 spiro atoms. The summed E-state index contributed by atoms with van der Waals surface area (Å²) in [7, 11) is 0. The van der Waals surface area contributed by atoms with E-state index in [0.717, 1.165) is 24.6 Å². The van der Waals surface area contributed by atoms with E-state index in [0.29, 0.717) is 17.8 Å². The lowest BCUT2D eigenvalue weighted by atomic mass is 9.90.